The number of aryl methyl sites for hydroxylation is 1. The summed E-state index contributed by atoms with van der Waals surface area (Å²) in [5.41, 5.74) is 14.2. The molecule has 2 aromatic carbocycles. The zero-order valence-electron chi connectivity index (χ0n) is 15.5. The van der Waals surface area contributed by atoms with Crippen LogP contribution in [0, 0.1) is 12.7 Å². The summed E-state index contributed by atoms with van der Waals surface area (Å²) in [5, 5.41) is 0. The number of anilines is 2. The number of hydrogen-bond acceptors (Lipinski definition) is 7. The molecule has 4 rings (SSSR count). The van der Waals surface area contributed by atoms with Gasteiger partial charge in [-0.3, -0.25) is 0 Å². The molecule has 4 aromatic rings. The van der Waals surface area contributed by atoms with Gasteiger partial charge in [-0.2, -0.15) is 4.98 Å². The molecule has 0 unspecified atom stereocenters. The number of halogens is 1. The summed E-state index contributed by atoms with van der Waals surface area (Å²) in [6.45, 7) is 1.80. The molecule has 0 fully saturated rings. The Morgan fingerprint density at radius 1 is 0.862 bits per heavy atom. The maximum atomic E-state index is 14.8. The predicted molar refractivity (Wildman–Crippen MR) is 109 cm³/mol. The average Bonchev–Trinajstić information content (AvgIpc) is 2.68. The molecule has 0 amide bonds. The van der Waals surface area contributed by atoms with Crippen LogP contribution in [0.25, 0.3) is 22.3 Å². The van der Waals surface area contributed by atoms with E-state index in [1.54, 1.807) is 31.2 Å². The second-order valence-corrected chi connectivity index (χ2v) is 6.34. The van der Waals surface area contributed by atoms with Gasteiger partial charge in [-0.25, -0.2) is 19.3 Å². The van der Waals surface area contributed by atoms with Crippen LogP contribution in [0.4, 0.5) is 16.2 Å². The second kappa shape index (κ2) is 7.51. The van der Waals surface area contributed by atoms with Crippen molar-refractivity contribution in [3.8, 4) is 34.0 Å². The molecule has 0 atom stereocenters. The van der Waals surface area contributed by atoms with E-state index in [9.17, 15) is 4.39 Å². The highest BCUT2D eigenvalue weighted by molar-refractivity contribution is 5.74. The fourth-order valence-corrected chi connectivity index (χ4v) is 2.90. The molecule has 2 heterocycles. The minimum absolute atomic E-state index is 0.131. The first-order valence-corrected chi connectivity index (χ1v) is 8.75. The first-order valence-electron chi connectivity index (χ1n) is 8.75. The van der Waals surface area contributed by atoms with Crippen molar-refractivity contribution >= 4 is 11.8 Å². The van der Waals surface area contributed by atoms with Gasteiger partial charge in [-0.15, -0.1) is 0 Å². The Hall–Kier alpha value is -4.07. The molecule has 0 aliphatic rings. The zero-order valence-corrected chi connectivity index (χ0v) is 15.5. The Labute approximate surface area is 166 Å². The van der Waals surface area contributed by atoms with Crippen LogP contribution in [-0.2, 0) is 0 Å². The monoisotopic (exact) mass is 388 g/mol. The van der Waals surface area contributed by atoms with Crippen LogP contribution in [0.1, 0.15) is 5.69 Å². The van der Waals surface area contributed by atoms with Crippen LogP contribution in [0.2, 0.25) is 0 Å². The van der Waals surface area contributed by atoms with Gasteiger partial charge in [0.15, 0.2) is 0 Å². The number of ether oxygens (including phenoxy) is 1. The fourth-order valence-electron chi connectivity index (χ4n) is 2.90. The van der Waals surface area contributed by atoms with E-state index >= 15 is 0 Å². The van der Waals surface area contributed by atoms with Crippen LogP contribution >= 0.6 is 0 Å². The largest absolute Gasteiger partial charge is 0.424 e. The van der Waals surface area contributed by atoms with Crippen molar-refractivity contribution in [2.45, 2.75) is 6.92 Å². The molecule has 0 radical (unpaired) electrons. The molecule has 0 bridgehead atoms. The number of aromatic nitrogens is 4. The van der Waals surface area contributed by atoms with E-state index in [2.05, 4.69) is 19.9 Å². The first-order chi connectivity index (χ1) is 14.0. The molecule has 0 saturated heterocycles. The number of nitrogen functional groups attached to an aromatic ring is 2. The Kier molecular flexibility index (Phi) is 4.74. The van der Waals surface area contributed by atoms with Crippen molar-refractivity contribution in [3.05, 3.63) is 72.4 Å². The van der Waals surface area contributed by atoms with Crippen molar-refractivity contribution in [2.75, 3.05) is 11.5 Å². The number of hydrogen-bond donors (Lipinski definition) is 2. The van der Waals surface area contributed by atoms with Gasteiger partial charge in [0.25, 0.3) is 0 Å². The molecule has 2 aromatic heterocycles. The molecule has 4 N–H and O–H groups in total. The van der Waals surface area contributed by atoms with Crippen molar-refractivity contribution < 1.29 is 9.13 Å². The third-order valence-electron chi connectivity index (χ3n) is 4.20. The van der Waals surface area contributed by atoms with Gasteiger partial charge >= 0.3 is 6.01 Å². The number of para-hydroxylation sites is 1. The molecule has 0 aliphatic heterocycles. The van der Waals surface area contributed by atoms with Gasteiger partial charge in [0, 0.05) is 40.8 Å². The smallest absolute Gasteiger partial charge is 0.324 e. The molecular weight excluding hydrogens is 371 g/mol. The number of nitrogens with zero attached hydrogens (tertiary/aromatic N) is 4. The molecule has 29 heavy (non-hydrogen) atoms. The van der Waals surface area contributed by atoms with Crippen LogP contribution in [-0.4, -0.2) is 19.9 Å². The quantitative estimate of drug-likeness (QED) is 0.543. The third kappa shape index (κ3) is 3.96. The lowest BCUT2D eigenvalue weighted by molar-refractivity contribution is 0.443. The van der Waals surface area contributed by atoms with Crippen molar-refractivity contribution in [1.82, 2.24) is 19.9 Å². The predicted octanol–water partition coefficient (Wildman–Crippen LogP) is 4.00. The van der Waals surface area contributed by atoms with Gasteiger partial charge in [0.05, 0.1) is 0 Å². The summed E-state index contributed by atoms with van der Waals surface area (Å²) >= 11 is 0. The summed E-state index contributed by atoms with van der Waals surface area (Å²) in [6, 6.07) is 13.9. The van der Waals surface area contributed by atoms with Gasteiger partial charge in [-0.1, -0.05) is 30.3 Å². The Morgan fingerprint density at radius 2 is 1.62 bits per heavy atom. The standard InChI is InChI=1S/C21H17FN6O/c1-12-8-19(23)28-21(27-12)29-18-5-3-2-4-16(18)13-6-7-15(17(22)9-13)14-10-25-20(24)26-11-14/h2-11H,1H3,(H2,23,27,28)(H2,24,25,26). The minimum atomic E-state index is -0.415. The highest BCUT2D eigenvalue weighted by Crippen LogP contribution is 2.34. The molecule has 144 valence electrons. The van der Waals surface area contributed by atoms with Gasteiger partial charge in [-0.05, 0) is 24.6 Å². The Bertz CT molecular complexity index is 1160. The van der Waals surface area contributed by atoms with Gasteiger partial charge in [0.1, 0.15) is 17.4 Å². The number of benzene rings is 2. The fraction of sp³-hybridized carbons (Fsp3) is 0.0476. The lowest BCUT2D eigenvalue weighted by atomic mass is 10.0. The number of rotatable bonds is 4. The van der Waals surface area contributed by atoms with Crippen LogP contribution in [0.15, 0.2) is 60.9 Å². The van der Waals surface area contributed by atoms with Crippen LogP contribution in [0.3, 0.4) is 0 Å². The summed E-state index contributed by atoms with van der Waals surface area (Å²) in [6.07, 6.45) is 2.97. The van der Waals surface area contributed by atoms with Crippen molar-refractivity contribution in [3.63, 3.8) is 0 Å². The normalized spacial score (nSPS) is 10.7. The van der Waals surface area contributed by atoms with E-state index in [1.807, 2.05) is 18.2 Å². The van der Waals surface area contributed by atoms with E-state index < -0.39 is 5.82 Å². The minimum Gasteiger partial charge on any atom is -0.424 e. The first kappa shape index (κ1) is 18.3. The lowest BCUT2D eigenvalue weighted by Crippen LogP contribution is -1.99. The van der Waals surface area contributed by atoms with E-state index in [4.69, 9.17) is 16.2 Å². The summed E-state index contributed by atoms with van der Waals surface area (Å²) in [5.74, 6) is 0.518. The van der Waals surface area contributed by atoms with Gasteiger partial charge < -0.3 is 16.2 Å². The zero-order chi connectivity index (χ0) is 20.4. The van der Waals surface area contributed by atoms with Gasteiger partial charge in [0.2, 0.25) is 5.95 Å². The highest BCUT2D eigenvalue weighted by Gasteiger charge is 2.13. The topological polar surface area (TPSA) is 113 Å². The second-order valence-electron chi connectivity index (χ2n) is 6.34. The van der Waals surface area contributed by atoms with E-state index in [1.165, 1.54) is 18.5 Å². The molecule has 7 nitrogen and oxygen atoms in total. The molecular formula is C21H17FN6O. The van der Waals surface area contributed by atoms with E-state index in [0.717, 1.165) is 0 Å². The summed E-state index contributed by atoms with van der Waals surface area (Å²) in [4.78, 5) is 16.1. The molecule has 0 saturated carbocycles. The van der Waals surface area contributed by atoms with E-state index in [0.29, 0.717) is 39.5 Å². The SMILES string of the molecule is Cc1cc(N)nc(Oc2ccccc2-c2ccc(-c3cnc(N)nc3)c(F)c2)n1. The Balaban J connectivity index is 1.70. The lowest BCUT2D eigenvalue weighted by Gasteiger charge is -2.12. The Morgan fingerprint density at radius 3 is 2.34 bits per heavy atom. The summed E-state index contributed by atoms with van der Waals surface area (Å²) < 4.78 is 20.7. The average molecular weight is 388 g/mol. The highest BCUT2D eigenvalue weighted by atomic mass is 19.1. The van der Waals surface area contributed by atoms with Crippen LogP contribution < -0.4 is 16.2 Å². The maximum Gasteiger partial charge on any atom is 0.324 e. The number of nitrogens with two attached hydrogens (primary N) is 2. The van der Waals surface area contributed by atoms with Crippen LogP contribution in [0.5, 0.6) is 11.8 Å². The van der Waals surface area contributed by atoms with Crippen molar-refractivity contribution in [2.24, 2.45) is 0 Å². The van der Waals surface area contributed by atoms with Crippen molar-refractivity contribution in [1.29, 1.82) is 0 Å². The summed E-state index contributed by atoms with van der Waals surface area (Å²) in [7, 11) is 0. The van der Waals surface area contributed by atoms with E-state index in [-0.39, 0.29) is 12.0 Å². The third-order valence-corrected chi connectivity index (χ3v) is 4.20. The maximum absolute atomic E-state index is 14.8. The molecule has 0 spiro atoms. The molecule has 8 heteroatoms. The molecule has 0 aliphatic carbocycles.